The minimum atomic E-state index is -0.219. The fourth-order valence-corrected chi connectivity index (χ4v) is 3.00. The van der Waals surface area contributed by atoms with Gasteiger partial charge in [-0.2, -0.15) is 0 Å². The van der Waals surface area contributed by atoms with Gasteiger partial charge in [0.1, 0.15) is 0 Å². The molecular formula is C18H27N3O2. The lowest BCUT2D eigenvalue weighted by atomic mass is 9.96. The number of amides is 2. The highest BCUT2D eigenvalue weighted by atomic mass is 16.2. The zero-order chi connectivity index (χ0) is 16.8. The lowest BCUT2D eigenvalue weighted by Gasteiger charge is -2.33. The zero-order valence-electron chi connectivity index (χ0n) is 14.1. The molecule has 0 atom stereocenters. The van der Waals surface area contributed by atoms with Crippen LogP contribution in [0.1, 0.15) is 32.3 Å². The molecule has 2 N–H and O–H groups in total. The van der Waals surface area contributed by atoms with Crippen LogP contribution in [0.2, 0.25) is 0 Å². The number of likely N-dealkylation sites (tertiary alicyclic amines) is 1. The zero-order valence-corrected chi connectivity index (χ0v) is 14.1. The van der Waals surface area contributed by atoms with Gasteiger partial charge < -0.3 is 10.6 Å². The van der Waals surface area contributed by atoms with Crippen LogP contribution in [0.5, 0.6) is 0 Å². The molecule has 5 heteroatoms. The Morgan fingerprint density at radius 1 is 1.22 bits per heavy atom. The molecule has 0 aromatic heterocycles. The van der Waals surface area contributed by atoms with Crippen molar-refractivity contribution in [2.45, 2.75) is 39.3 Å². The molecule has 1 fully saturated rings. The van der Waals surface area contributed by atoms with Crippen LogP contribution in [0.4, 0.5) is 0 Å². The molecule has 2 rings (SSSR count). The maximum absolute atomic E-state index is 12.7. The standard InChI is InChI=1S/C18H27N3O2/c1-14(2)21(12-15-6-4-3-5-7-15)17(22)13-20-10-8-16(9-11-20)18(19)23/h3-7,14,16H,8-13H2,1-2H3,(H2,19,23). The SMILES string of the molecule is CC(C)N(Cc1ccccc1)C(=O)CN1CCC(C(N)=O)CC1. The van der Waals surface area contributed by atoms with E-state index in [0.717, 1.165) is 31.5 Å². The smallest absolute Gasteiger partial charge is 0.237 e. The summed E-state index contributed by atoms with van der Waals surface area (Å²) < 4.78 is 0. The van der Waals surface area contributed by atoms with E-state index in [1.165, 1.54) is 0 Å². The van der Waals surface area contributed by atoms with Crippen molar-refractivity contribution in [3.8, 4) is 0 Å². The number of nitrogens with two attached hydrogens (primary N) is 1. The van der Waals surface area contributed by atoms with Crippen LogP contribution in [-0.2, 0) is 16.1 Å². The molecule has 1 aliphatic heterocycles. The first-order valence-corrected chi connectivity index (χ1v) is 8.32. The molecule has 1 aromatic rings. The molecule has 0 bridgehead atoms. The summed E-state index contributed by atoms with van der Waals surface area (Å²) in [5.74, 6) is -0.114. The second-order valence-electron chi connectivity index (χ2n) is 6.55. The van der Waals surface area contributed by atoms with Gasteiger partial charge in [-0.25, -0.2) is 0 Å². The van der Waals surface area contributed by atoms with Crippen molar-refractivity contribution in [3.05, 3.63) is 35.9 Å². The van der Waals surface area contributed by atoms with Crippen molar-refractivity contribution in [3.63, 3.8) is 0 Å². The van der Waals surface area contributed by atoms with E-state index in [-0.39, 0.29) is 23.8 Å². The number of carbonyl (C=O) groups is 2. The van der Waals surface area contributed by atoms with Gasteiger partial charge in [0.15, 0.2) is 0 Å². The minimum absolute atomic E-state index is 0.0353. The lowest BCUT2D eigenvalue weighted by Crippen LogP contribution is -2.46. The van der Waals surface area contributed by atoms with Gasteiger partial charge in [0.2, 0.25) is 11.8 Å². The maximum atomic E-state index is 12.7. The summed E-state index contributed by atoms with van der Waals surface area (Å²) in [4.78, 5) is 27.9. The van der Waals surface area contributed by atoms with E-state index >= 15 is 0 Å². The van der Waals surface area contributed by atoms with Crippen LogP contribution in [0, 0.1) is 5.92 Å². The molecule has 23 heavy (non-hydrogen) atoms. The molecule has 126 valence electrons. The van der Waals surface area contributed by atoms with Crippen LogP contribution in [0.3, 0.4) is 0 Å². The molecule has 5 nitrogen and oxygen atoms in total. The maximum Gasteiger partial charge on any atom is 0.237 e. The summed E-state index contributed by atoms with van der Waals surface area (Å²) in [6.45, 7) is 6.65. The van der Waals surface area contributed by atoms with Gasteiger partial charge >= 0.3 is 0 Å². The molecule has 0 radical (unpaired) electrons. The second-order valence-corrected chi connectivity index (χ2v) is 6.55. The normalized spacial score (nSPS) is 16.5. The highest BCUT2D eigenvalue weighted by molar-refractivity contribution is 5.79. The number of hydrogen-bond acceptors (Lipinski definition) is 3. The summed E-state index contributed by atoms with van der Waals surface area (Å²) in [6.07, 6.45) is 1.51. The van der Waals surface area contributed by atoms with Crippen LogP contribution < -0.4 is 5.73 Å². The Hall–Kier alpha value is -1.88. The molecule has 1 aromatic carbocycles. The predicted octanol–water partition coefficient (Wildman–Crippen LogP) is 1.62. The Kier molecular flexibility index (Phi) is 6.16. The van der Waals surface area contributed by atoms with Gasteiger partial charge in [-0.3, -0.25) is 14.5 Å². The first-order valence-electron chi connectivity index (χ1n) is 8.32. The van der Waals surface area contributed by atoms with Gasteiger partial charge in [0.05, 0.1) is 6.54 Å². The van der Waals surface area contributed by atoms with E-state index in [1.807, 2.05) is 49.1 Å². The highest BCUT2D eigenvalue weighted by Gasteiger charge is 2.26. The van der Waals surface area contributed by atoms with Crippen molar-refractivity contribution in [2.24, 2.45) is 11.7 Å². The van der Waals surface area contributed by atoms with E-state index in [2.05, 4.69) is 4.90 Å². The number of hydrogen-bond donors (Lipinski definition) is 1. The van der Waals surface area contributed by atoms with Crippen molar-refractivity contribution in [2.75, 3.05) is 19.6 Å². The number of carbonyl (C=O) groups excluding carboxylic acids is 2. The number of nitrogens with zero attached hydrogens (tertiary/aromatic N) is 2. The van der Waals surface area contributed by atoms with E-state index in [1.54, 1.807) is 0 Å². The van der Waals surface area contributed by atoms with Gasteiger partial charge in [-0.15, -0.1) is 0 Å². The third kappa shape index (κ3) is 5.06. The predicted molar refractivity (Wildman–Crippen MR) is 90.5 cm³/mol. The third-order valence-electron chi connectivity index (χ3n) is 4.49. The van der Waals surface area contributed by atoms with E-state index in [0.29, 0.717) is 13.1 Å². The number of piperidine rings is 1. The first-order chi connectivity index (χ1) is 11.0. The quantitative estimate of drug-likeness (QED) is 0.867. The number of benzene rings is 1. The summed E-state index contributed by atoms with van der Waals surface area (Å²) >= 11 is 0. The largest absolute Gasteiger partial charge is 0.369 e. The van der Waals surface area contributed by atoms with Gasteiger partial charge in [0, 0.05) is 18.5 Å². The second kappa shape index (κ2) is 8.11. The monoisotopic (exact) mass is 317 g/mol. The Morgan fingerprint density at radius 2 is 1.83 bits per heavy atom. The number of primary amides is 1. The summed E-state index contributed by atoms with van der Waals surface area (Å²) in [6, 6.07) is 10.2. The Bertz CT molecular complexity index is 522. The van der Waals surface area contributed by atoms with Crippen molar-refractivity contribution in [1.82, 2.24) is 9.80 Å². The van der Waals surface area contributed by atoms with E-state index in [4.69, 9.17) is 5.73 Å². The molecule has 2 amide bonds. The van der Waals surface area contributed by atoms with Crippen molar-refractivity contribution >= 4 is 11.8 Å². The van der Waals surface area contributed by atoms with Crippen molar-refractivity contribution < 1.29 is 9.59 Å². The Balaban J connectivity index is 1.90. The average molecular weight is 317 g/mol. The molecule has 1 saturated heterocycles. The highest BCUT2D eigenvalue weighted by Crippen LogP contribution is 2.17. The van der Waals surface area contributed by atoms with Crippen LogP contribution >= 0.6 is 0 Å². The van der Waals surface area contributed by atoms with E-state index < -0.39 is 0 Å². The Morgan fingerprint density at radius 3 is 2.35 bits per heavy atom. The molecule has 1 aliphatic rings. The summed E-state index contributed by atoms with van der Waals surface area (Å²) in [5.41, 5.74) is 6.50. The van der Waals surface area contributed by atoms with E-state index in [9.17, 15) is 9.59 Å². The molecule has 0 spiro atoms. The topological polar surface area (TPSA) is 66.6 Å². The molecule has 0 saturated carbocycles. The Labute approximate surface area is 138 Å². The van der Waals surface area contributed by atoms with Gasteiger partial charge in [0.25, 0.3) is 0 Å². The first kappa shape index (κ1) is 17.5. The van der Waals surface area contributed by atoms with Gasteiger partial charge in [-0.1, -0.05) is 30.3 Å². The van der Waals surface area contributed by atoms with Crippen LogP contribution in [-0.4, -0.2) is 47.3 Å². The van der Waals surface area contributed by atoms with Crippen LogP contribution in [0.25, 0.3) is 0 Å². The minimum Gasteiger partial charge on any atom is -0.369 e. The molecule has 0 aliphatic carbocycles. The third-order valence-corrected chi connectivity index (χ3v) is 4.49. The fraction of sp³-hybridized carbons (Fsp3) is 0.556. The molecular weight excluding hydrogens is 290 g/mol. The van der Waals surface area contributed by atoms with Crippen molar-refractivity contribution in [1.29, 1.82) is 0 Å². The molecule has 1 heterocycles. The summed E-state index contributed by atoms with van der Waals surface area (Å²) in [5, 5.41) is 0. The average Bonchev–Trinajstić information content (AvgIpc) is 2.53. The number of rotatable bonds is 6. The summed E-state index contributed by atoms with van der Waals surface area (Å²) in [7, 11) is 0. The fourth-order valence-electron chi connectivity index (χ4n) is 3.00. The van der Waals surface area contributed by atoms with Crippen LogP contribution in [0.15, 0.2) is 30.3 Å². The molecule has 0 unspecified atom stereocenters. The lowest BCUT2D eigenvalue weighted by molar-refractivity contribution is -0.135. The van der Waals surface area contributed by atoms with Gasteiger partial charge in [-0.05, 0) is 45.3 Å².